The Kier molecular flexibility index (Phi) is 9.71. The fourth-order valence-corrected chi connectivity index (χ4v) is 7.40. The molecule has 0 aliphatic carbocycles. The summed E-state index contributed by atoms with van der Waals surface area (Å²) in [4.78, 5) is 27.3. The number of amides is 1. The smallest absolute Gasteiger partial charge is 0.246 e. The molecule has 47 heavy (non-hydrogen) atoms. The molecule has 0 saturated carbocycles. The van der Waals surface area contributed by atoms with E-state index in [0.29, 0.717) is 35.7 Å². The second-order valence-electron chi connectivity index (χ2n) is 11.9. The Labute approximate surface area is 292 Å². The number of phenols is 1. The van der Waals surface area contributed by atoms with E-state index >= 15 is 0 Å². The standard InChI is InChI=1S/C33H31Cl4FN6O3/c1-7-21(45)43-16(5)12-42(13-17(43)6)30-18-10-20(34)28(22-23(35)25(37)26(38)31(46)24(22)36)41-32(18)44(33(47)19(30)11-39)29-15(4)8-9-40-27(29)14(2)3/h7-10,14,16-17,33,46-47H,1,12-13H2,2-6H3/t16-,17+,33?. The highest BCUT2D eigenvalue weighted by Gasteiger charge is 2.42. The molecule has 246 valence electrons. The molecule has 0 radical (unpaired) electrons. The van der Waals surface area contributed by atoms with E-state index in [-0.39, 0.29) is 56.6 Å². The summed E-state index contributed by atoms with van der Waals surface area (Å²) in [5, 5.41) is 31.8. The Bertz CT molecular complexity index is 1850. The summed E-state index contributed by atoms with van der Waals surface area (Å²) >= 11 is 25.9. The summed E-state index contributed by atoms with van der Waals surface area (Å²) in [5.41, 5.74) is 2.52. The topological polar surface area (TPSA) is 117 Å². The van der Waals surface area contributed by atoms with Gasteiger partial charge in [-0.1, -0.05) is 66.8 Å². The Morgan fingerprint density at radius 3 is 2.38 bits per heavy atom. The maximum absolute atomic E-state index is 14.6. The van der Waals surface area contributed by atoms with Gasteiger partial charge in [0.1, 0.15) is 17.5 Å². The van der Waals surface area contributed by atoms with E-state index in [1.807, 2.05) is 39.5 Å². The molecular formula is C33H31Cl4FN6O3. The number of hydrogen-bond donors (Lipinski definition) is 2. The van der Waals surface area contributed by atoms with Crippen molar-refractivity contribution in [2.24, 2.45) is 0 Å². The number of aliphatic hydroxyl groups is 1. The van der Waals surface area contributed by atoms with Crippen molar-refractivity contribution in [3.05, 3.63) is 79.3 Å². The van der Waals surface area contributed by atoms with Gasteiger partial charge < -0.3 is 20.0 Å². The van der Waals surface area contributed by atoms with Crippen molar-refractivity contribution < 1.29 is 19.4 Å². The van der Waals surface area contributed by atoms with E-state index in [1.54, 1.807) is 23.2 Å². The third kappa shape index (κ3) is 5.68. The number of nitrogens with zero attached hydrogens (tertiary/aromatic N) is 6. The zero-order chi connectivity index (χ0) is 34.6. The minimum Gasteiger partial charge on any atom is -0.504 e. The molecule has 2 N–H and O–H groups in total. The number of fused-ring (bicyclic) bond motifs is 1. The number of carbonyl (C=O) groups is 1. The Morgan fingerprint density at radius 2 is 1.81 bits per heavy atom. The molecule has 1 aromatic carbocycles. The molecule has 5 rings (SSSR count). The first-order valence-corrected chi connectivity index (χ1v) is 16.2. The van der Waals surface area contributed by atoms with Gasteiger partial charge in [0, 0.05) is 42.5 Å². The number of aromatic nitrogens is 2. The highest BCUT2D eigenvalue weighted by molar-refractivity contribution is 6.47. The molecule has 0 bridgehead atoms. The number of aliphatic hydroxyl groups excluding tert-OH is 1. The van der Waals surface area contributed by atoms with Crippen molar-refractivity contribution in [2.45, 2.75) is 58.8 Å². The number of anilines is 2. The zero-order valence-corrected chi connectivity index (χ0v) is 29.1. The van der Waals surface area contributed by atoms with E-state index in [0.717, 1.165) is 5.56 Å². The maximum atomic E-state index is 14.6. The normalized spacial score (nSPS) is 19.6. The van der Waals surface area contributed by atoms with Crippen molar-refractivity contribution in [3.8, 4) is 23.1 Å². The lowest BCUT2D eigenvalue weighted by Gasteiger charge is -2.48. The number of nitriles is 1. The van der Waals surface area contributed by atoms with Crippen LogP contribution in [0.2, 0.25) is 20.1 Å². The Balaban J connectivity index is 1.84. The lowest BCUT2D eigenvalue weighted by molar-refractivity contribution is -0.132. The van der Waals surface area contributed by atoms with Crippen LogP contribution in [0.3, 0.4) is 0 Å². The first kappa shape index (κ1) is 34.7. The van der Waals surface area contributed by atoms with Gasteiger partial charge in [-0.25, -0.2) is 9.37 Å². The number of aryl methyl sites for hydroxylation is 1. The van der Waals surface area contributed by atoms with Crippen molar-refractivity contribution in [2.75, 3.05) is 18.0 Å². The molecular weight excluding hydrogens is 689 g/mol. The molecule has 2 aliphatic heterocycles. The van der Waals surface area contributed by atoms with Gasteiger partial charge in [0.25, 0.3) is 0 Å². The van der Waals surface area contributed by atoms with E-state index in [2.05, 4.69) is 17.6 Å². The van der Waals surface area contributed by atoms with Crippen LogP contribution in [0.5, 0.6) is 5.75 Å². The van der Waals surface area contributed by atoms with E-state index < -0.39 is 27.8 Å². The molecule has 1 amide bonds. The predicted molar refractivity (Wildman–Crippen MR) is 183 cm³/mol. The number of phenolic OH excluding ortho intramolecular Hbond substituents is 1. The minimum absolute atomic E-state index is 0.00526. The quantitative estimate of drug-likeness (QED) is 0.156. The number of halogens is 5. The van der Waals surface area contributed by atoms with Gasteiger partial charge in [-0.05, 0) is 50.5 Å². The highest BCUT2D eigenvalue weighted by Crippen LogP contribution is 2.51. The molecule has 1 saturated heterocycles. The number of aromatic hydroxyl groups is 1. The van der Waals surface area contributed by atoms with Crippen LogP contribution >= 0.6 is 46.4 Å². The number of piperazine rings is 1. The molecule has 4 heterocycles. The highest BCUT2D eigenvalue weighted by atomic mass is 35.5. The number of rotatable bonds is 5. The van der Waals surface area contributed by atoms with Crippen LogP contribution in [0.1, 0.15) is 50.4 Å². The molecule has 14 heteroatoms. The van der Waals surface area contributed by atoms with Crippen molar-refractivity contribution in [1.29, 1.82) is 5.26 Å². The molecule has 2 aliphatic rings. The molecule has 1 unspecified atom stereocenters. The average Bonchev–Trinajstić information content (AvgIpc) is 3.02. The molecule has 2 aromatic heterocycles. The van der Waals surface area contributed by atoms with Crippen molar-refractivity contribution in [3.63, 3.8) is 0 Å². The van der Waals surface area contributed by atoms with Crippen LogP contribution in [0.4, 0.5) is 15.9 Å². The third-order valence-corrected chi connectivity index (χ3v) is 9.89. The van der Waals surface area contributed by atoms with Crippen LogP contribution in [-0.4, -0.2) is 67.3 Å². The maximum Gasteiger partial charge on any atom is 0.246 e. The molecule has 3 aromatic rings. The van der Waals surface area contributed by atoms with E-state index in [4.69, 9.17) is 51.4 Å². The summed E-state index contributed by atoms with van der Waals surface area (Å²) in [5.74, 6) is -2.29. The summed E-state index contributed by atoms with van der Waals surface area (Å²) in [6.45, 7) is 13.8. The van der Waals surface area contributed by atoms with Crippen LogP contribution in [0, 0.1) is 24.1 Å². The van der Waals surface area contributed by atoms with Gasteiger partial charge >= 0.3 is 0 Å². The third-order valence-electron chi connectivity index (χ3n) is 8.40. The molecule has 0 spiro atoms. The second-order valence-corrected chi connectivity index (χ2v) is 13.4. The number of pyridine rings is 2. The monoisotopic (exact) mass is 718 g/mol. The summed E-state index contributed by atoms with van der Waals surface area (Å²) in [6, 6.07) is 4.98. The lowest BCUT2D eigenvalue weighted by Crippen LogP contribution is -2.58. The largest absolute Gasteiger partial charge is 0.504 e. The predicted octanol–water partition coefficient (Wildman–Crippen LogP) is 7.85. The average molecular weight is 720 g/mol. The van der Waals surface area contributed by atoms with E-state index in [1.165, 1.54) is 11.0 Å². The number of hydrogen-bond acceptors (Lipinski definition) is 8. The van der Waals surface area contributed by atoms with Gasteiger partial charge in [0.15, 0.2) is 17.8 Å². The van der Waals surface area contributed by atoms with Crippen LogP contribution < -0.4 is 4.90 Å². The molecule has 1 fully saturated rings. The minimum atomic E-state index is -1.54. The molecule has 9 nitrogen and oxygen atoms in total. The summed E-state index contributed by atoms with van der Waals surface area (Å²) in [6.07, 6.45) is 1.39. The summed E-state index contributed by atoms with van der Waals surface area (Å²) in [7, 11) is 0. The SMILES string of the molecule is C=CC(=O)N1[C@H](C)CN(C2=C(C#N)C(O)N(c3c(C)ccnc3C(C)C)c3nc(-c4c(Cl)c(O)c(F)c(Cl)c4Cl)c(Cl)cc32)C[C@@H]1C. The fourth-order valence-electron chi connectivity index (χ4n) is 6.39. The first-order chi connectivity index (χ1) is 22.2. The van der Waals surface area contributed by atoms with Crippen molar-refractivity contribution >= 4 is 69.5 Å². The molecule has 3 atom stereocenters. The Hall–Kier alpha value is -3.59. The number of benzene rings is 1. The zero-order valence-electron chi connectivity index (χ0n) is 26.1. The first-order valence-electron chi connectivity index (χ1n) is 14.7. The number of carbonyl (C=O) groups excluding carboxylic acids is 1. The van der Waals surface area contributed by atoms with Crippen LogP contribution in [-0.2, 0) is 4.79 Å². The van der Waals surface area contributed by atoms with Gasteiger partial charge in [0.05, 0.1) is 42.9 Å². The van der Waals surface area contributed by atoms with Crippen LogP contribution in [0.15, 0.2) is 36.6 Å². The van der Waals surface area contributed by atoms with Gasteiger partial charge in [-0.15, -0.1) is 0 Å². The van der Waals surface area contributed by atoms with E-state index in [9.17, 15) is 24.7 Å². The fraction of sp³-hybridized carbons (Fsp3) is 0.333. The van der Waals surface area contributed by atoms with Gasteiger partial charge in [-0.2, -0.15) is 5.26 Å². The van der Waals surface area contributed by atoms with Gasteiger partial charge in [0.2, 0.25) is 5.91 Å². The van der Waals surface area contributed by atoms with Crippen LogP contribution in [0.25, 0.3) is 17.0 Å². The van der Waals surface area contributed by atoms with Crippen molar-refractivity contribution in [1.82, 2.24) is 19.8 Å². The Morgan fingerprint density at radius 1 is 1.17 bits per heavy atom. The second kappa shape index (κ2) is 13.1. The van der Waals surface area contributed by atoms with Gasteiger partial charge in [-0.3, -0.25) is 14.7 Å². The summed E-state index contributed by atoms with van der Waals surface area (Å²) < 4.78 is 14.6. The lowest BCUT2D eigenvalue weighted by atomic mass is 9.94.